The standard InChI is InChI=1S/C20H15N3O3S/c1-12(20(25)26)23-17(15-9-5-6-10-21-15)22-18-14(19(23)24)11-16(27-18)13-7-3-2-4-8-13/h2-12H,1H3,(H,25,26). The van der Waals surface area contributed by atoms with Crippen LogP contribution in [0.15, 0.2) is 65.6 Å². The Labute approximate surface area is 158 Å². The summed E-state index contributed by atoms with van der Waals surface area (Å²) in [6.45, 7) is 1.47. The summed E-state index contributed by atoms with van der Waals surface area (Å²) in [6.07, 6.45) is 1.59. The first kappa shape index (κ1) is 17.1. The van der Waals surface area contributed by atoms with Gasteiger partial charge in [0.05, 0.1) is 5.39 Å². The van der Waals surface area contributed by atoms with Crippen LogP contribution in [0.1, 0.15) is 13.0 Å². The van der Waals surface area contributed by atoms with Gasteiger partial charge >= 0.3 is 5.97 Å². The van der Waals surface area contributed by atoms with Crippen LogP contribution in [0.2, 0.25) is 0 Å². The van der Waals surface area contributed by atoms with E-state index < -0.39 is 12.0 Å². The number of aliphatic carboxylic acids is 1. The molecule has 0 bridgehead atoms. The molecule has 4 aromatic rings. The fraction of sp³-hybridized carbons (Fsp3) is 0.100. The van der Waals surface area contributed by atoms with E-state index in [4.69, 9.17) is 0 Å². The van der Waals surface area contributed by atoms with Crippen LogP contribution in [-0.4, -0.2) is 25.6 Å². The number of hydrogen-bond donors (Lipinski definition) is 1. The maximum absolute atomic E-state index is 13.2. The van der Waals surface area contributed by atoms with E-state index in [-0.39, 0.29) is 11.4 Å². The molecular weight excluding hydrogens is 362 g/mol. The Morgan fingerprint density at radius 1 is 1.15 bits per heavy atom. The number of aromatic nitrogens is 3. The van der Waals surface area contributed by atoms with Gasteiger partial charge < -0.3 is 5.11 Å². The lowest BCUT2D eigenvalue weighted by atomic mass is 10.2. The molecule has 0 saturated carbocycles. The summed E-state index contributed by atoms with van der Waals surface area (Å²) >= 11 is 1.40. The molecule has 1 N–H and O–H groups in total. The number of carboxylic acid groups (broad SMARTS) is 1. The molecule has 4 rings (SSSR count). The Morgan fingerprint density at radius 2 is 1.89 bits per heavy atom. The summed E-state index contributed by atoms with van der Waals surface area (Å²) in [5, 5.41) is 9.89. The molecule has 3 heterocycles. The molecule has 1 aromatic carbocycles. The van der Waals surface area contributed by atoms with Crippen LogP contribution in [0.5, 0.6) is 0 Å². The van der Waals surface area contributed by atoms with Crippen molar-refractivity contribution in [2.45, 2.75) is 13.0 Å². The second-order valence-corrected chi connectivity index (χ2v) is 7.07. The predicted molar refractivity (Wildman–Crippen MR) is 105 cm³/mol. The summed E-state index contributed by atoms with van der Waals surface area (Å²) in [6, 6.07) is 15.7. The Kier molecular flexibility index (Phi) is 4.29. The molecule has 0 saturated heterocycles. The lowest BCUT2D eigenvalue weighted by molar-refractivity contribution is -0.140. The smallest absolute Gasteiger partial charge is 0.326 e. The molecule has 134 valence electrons. The van der Waals surface area contributed by atoms with E-state index in [1.807, 2.05) is 30.3 Å². The van der Waals surface area contributed by atoms with Gasteiger partial charge in [-0.05, 0) is 30.7 Å². The Balaban J connectivity index is 2.02. The van der Waals surface area contributed by atoms with Crippen LogP contribution in [0.4, 0.5) is 0 Å². The number of benzene rings is 1. The van der Waals surface area contributed by atoms with E-state index >= 15 is 0 Å². The minimum Gasteiger partial charge on any atom is -0.480 e. The van der Waals surface area contributed by atoms with Crippen molar-refractivity contribution < 1.29 is 9.90 Å². The summed E-state index contributed by atoms with van der Waals surface area (Å²) in [5.41, 5.74) is 1.06. The van der Waals surface area contributed by atoms with Gasteiger partial charge in [0.15, 0.2) is 5.82 Å². The molecule has 0 amide bonds. The normalized spacial score (nSPS) is 12.2. The summed E-state index contributed by atoms with van der Waals surface area (Å²) in [4.78, 5) is 35.1. The van der Waals surface area contributed by atoms with Crippen molar-refractivity contribution in [2.75, 3.05) is 0 Å². The SMILES string of the molecule is CC(C(=O)O)n1c(-c2ccccn2)nc2sc(-c3ccccc3)cc2c1=O. The highest BCUT2D eigenvalue weighted by Gasteiger charge is 2.23. The molecule has 0 aliphatic carbocycles. The highest BCUT2D eigenvalue weighted by Crippen LogP contribution is 2.32. The number of carboxylic acids is 1. The predicted octanol–water partition coefficient (Wildman–Crippen LogP) is 3.83. The third-order valence-corrected chi connectivity index (χ3v) is 5.37. The molecule has 0 aliphatic heterocycles. The number of rotatable bonds is 4. The summed E-state index contributed by atoms with van der Waals surface area (Å²) < 4.78 is 1.20. The molecule has 27 heavy (non-hydrogen) atoms. The highest BCUT2D eigenvalue weighted by atomic mass is 32.1. The van der Waals surface area contributed by atoms with Crippen LogP contribution in [0.25, 0.3) is 32.2 Å². The van der Waals surface area contributed by atoms with Crippen LogP contribution in [0, 0.1) is 0 Å². The van der Waals surface area contributed by atoms with E-state index in [0.717, 1.165) is 10.4 Å². The highest BCUT2D eigenvalue weighted by molar-refractivity contribution is 7.21. The largest absolute Gasteiger partial charge is 0.480 e. The van der Waals surface area contributed by atoms with Crippen molar-refractivity contribution in [1.29, 1.82) is 0 Å². The lowest BCUT2D eigenvalue weighted by Gasteiger charge is -2.15. The fourth-order valence-electron chi connectivity index (χ4n) is 2.88. The van der Waals surface area contributed by atoms with Gasteiger partial charge in [-0.25, -0.2) is 9.78 Å². The molecular formula is C20H15N3O3S. The quantitative estimate of drug-likeness (QED) is 0.584. The molecule has 3 aromatic heterocycles. The zero-order valence-corrected chi connectivity index (χ0v) is 15.2. The molecule has 7 heteroatoms. The van der Waals surface area contributed by atoms with Crippen LogP contribution >= 0.6 is 11.3 Å². The second kappa shape index (κ2) is 6.77. The van der Waals surface area contributed by atoms with Crippen molar-refractivity contribution >= 4 is 27.5 Å². The average molecular weight is 377 g/mol. The lowest BCUT2D eigenvalue weighted by Crippen LogP contribution is -2.30. The second-order valence-electron chi connectivity index (χ2n) is 6.04. The summed E-state index contributed by atoms with van der Waals surface area (Å²) in [7, 11) is 0. The van der Waals surface area contributed by atoms with Gasteiger partial charge in [-0.15, -0.1) is 11.3 Å². The van der Waals surface area contributed by atoms with E-state index in [0.29, 0.717) is 15.9 Å². The molecule has 0 radical (unpaired) electrons. The number of nitrogens with zero attached hydrogens (tertiary/aromatic N) is 3. The first-order chi connectivity index (χ1) is 13.1. The van der Waals surface area contributed by atoms with Crippen LogP contribution in [0.3, 0.4) is 0 Å². The summed E-state index contributed by atoms with van der Waals surface area (Å²) in [5.74, 6) is -0.849. The maximum Gasteiger partial charge on any atom is 0.326 e. The number of pyridine rings is 1. The van der Waals surface area contributed by atoms with Gasteiger partial charge in [-0.3, -0.25) is 14.3 Å². The topological polar surface area (TPSA) is 85.1 Å². The van der Waals surface area contributed by atoms with Gasteiger partial charge in [0.1, 0.15) is 16.6 Å². The monoisotopic (exact) mass is 377 g/mol. The minimum atomic E-state index is -1.10. The Hall–Kier alpha value is -3.32. The fourth-order valence-corrected chi connectivity index (χ4v) is 3.91. The van der Waals surface area contributed by atoms with Gasteiger partial charge in [-0.1, -0.05) is 36.4 Å². The van der Waals surface area contributed by atoms with Gasteiger partial charge in [-0.2, -0.15) is 0 Å². The zero-order chi connectivity index (χ0) is 19.0. The van der Waals surface area contributed by atoms with Crippen molar-refractivity contribution in [3.63, 3.8) is 0 Å². The molecule has 1 atom stereocenters. The molecule has 1 unspecified atom stereocenters. The first-order valence-electron chi connectivity index (χ1n) is 8.32. The van der Waals surface area contributed by atoms with Crippen molar-refractivity contribution in [3.05, 3.63) is 71.1 Å². The number of hydrogen-bond acceptors (Lipinski definition) is 5. The van der Waals surface area contributed by atoms with E-state index in [1.54, 1.807) is 30.5 Å². The van der Waals surface area contributed by atoms with Gasteiger partial charge in [0.2, 0.25) is 0 Å². The van der Waals surface area contributed by atoms with Crippen molar-refractivity contribution in [1.82, 2.24) is 14.5 Å². The Bertz CT molecular complexity index is 1180. The number of fused-ring (bicyclic) bond motifs is 1. The third kappa shape index (κ3) is 3.02. The van der Waals surface area contributed by atoms with E-state index in [2.05, 4.69) is 9.97 Å². The van der Waals surface area contributed by atoms with Gasteiger partial charge in [0, 0.05) is 11.1 Å². The number of carbonyl (C=O) groups is 1. The van der Waals surface area contributed by atoms with Crippen LogP contribution < -0.4 is 5.56 Å². The maximum atomic E-state index is 13.2. The van der Waals surface area contributed by atoms with Crippen LogP contribution in [-0.2, 0) is 4.79 Å². The van der Waals surface area contributed by atoms with E-state index in [1.165, 1.54) is 22.8 Å². The first-order valence-corrected chi connectivity index (χ1v) is 9.13. The third-order valence-electron chi connectivity index (χ3n) is 4.29. The zero-order valence-electron chi connectivity index (χ0n) is 14.4. The molecule has 0 aliphatic rings. The minimum absolute atomic E-state index is 0.254. The Morgan fingerprint density at radius 3 is 2.56 bits per heavy atom. The van der Waals surface area contributed by atoms with E-state index in [9.17, 15) is 14.7 Å². The molecule has 0 fully saturated rings. The number of thiophene rings is 1. The average Bonchev–Trinajstić information content (AvgIpc) is 3.13. The molecule has 0 spiro atoms. The van der Waals surface area contributed by atoms with Crippen molar-refractivity contribution in [2.24, 2.45) is 0 Å². The van der Waals surface area contributed by atoms with Gasteiger partial charge in [0.25, 0.3) is 5.56 Å². The van der Waals surface area contributed by atoms with Crippen molar-refractivity contribution in [3.8, 4) is 22.0 Å². The molecule has 6 nitrogen and oxygen atoms in total.